The molecule has 5 N–H and O–H groups in total. The molecule has 0 radical (unpaired) electrons. The number of benzene rings is 2. The van der Waals surface area contributed by atoms with Crippen LogP contribution < -0.4 is 5.43 Å². The Labute approximate surface area is 128 Å². The molecule has 0 atom stereocenters. The van der Waals surface area contributed by atoms with Crippen molar-refractivity contribution in [3.05, 3.63) is 47.5 Å². The SMILES string of the molecule is CCCNN=C(c1ccc(O)cc1O)c1ccc(O)cc1O. The monoisotopic (exact) mass is 302 g/mol. The molecule has 6 nitrogen and oxygen atoms in total. The molecule has 0 bridgehead atoms. The number of hydrogen-bond donors (Lipinski definition) is 5. The van der Waals surface area contributed by atoms with Crippen LogP contribution in [-0.4, -0.2) is 32.7 Å². The second-order valence-corrected chi connectivity index (χ2v) is 4.77. The Morgan fingerprint density at radius 1 is 0.909 bits per heavy atom. The summed E-state index contributed by atoms with van der Waals surface area (Å²) in [4.78, 5) is 0. The highest BCUT2D eigenvalue weighted by Crippen LogP contribution is 2.30. The summed E-state index contributed by atoms with van der Waals surface area (Å²) in [5, 5.41) is 43.1. The smallest absolute Gasteiger partial charge is 0.128 e. The van der Waals surface area contributed by atoms with Crippen molar-refractivity contribution in [1.82, 2.24) is 5.43 Å². The van der Waals surface area contributed by atoms with E-state index in [4.69, 9.17) is 0 Å². The normalized spacial score (nSPS) is 10.2. The van der Waals surface area contributed by atoms with Crippen LogP contribution in [0.2, 0.25) is 0 Å². The predicted octanol–water partition coefficient (Wildman–Crippen LogP) is 2.26. The van der Waals surface area contributed by atoms with Crippen LogP contribution in [0.15, 0.2) is 41.5 Å². The van der Waals surface area contributed by atoms with Gasteiger partial charge in [0.25, 0.3) is 0 Å². The maximum absolute atomic E-state index is 10.0. The van der Waals surface area contributed by atoms with E-state index in [2.05, 4.69) is 10.5 Å². The third-order valence-corrected chi connectivity index (χ3v) is 3.03. The van der Waals surface area contributed by atoms with Crippen LogP contribution >= 0.6 is 0 Å². The van der Waals surface area contributed by atoms with Gasteiger partial charge < -0.3 is 25.9 Å². The van der Waals surface area contributed by atoms with E-state index in [1.54, 1.807) is 0 Å². The van der Waals surface area contributed by atoms with Crippen LogP contribution in [0, 0.1) is 0 Å². The van der Waals surface area contributed by atoms with Gasteiger partial charge >= 0.3 is 0 Å². The molecule has 0 unspecified atom stereocenters. The molecular formula is C16H18N2O4. The topological polar surface area (TPSA) is 105 Å². The summed E-state index contributed by atoms with van der Waals surface area (Å²) in [6.07, 6.45) is 0.861. The van der Waals surface area contributed by atoms with E-state index in [0.717, 1.165) is 6.42 Å². The number of aromatic hydroxyl groups is 4. The van der Waals surface area contributed by atoms with Gasteiger partial charge in [-0.05, 0) is 30.7 Å². The number of phenols is 4. The van der Waals surface area contributed by atoms with Gasteiger partial charge in [-0.2, -0.15) is 5.10 Å². The van der Waals surface area contributed by atoms with Gasteiger partial charge in [-0.3, -0.25) is 0 Å². The molecule has 6 heteroatoms. The first-order valence-corrected chi connectivity index (χ1v) is 6.88. The molecule has 0 amide bonds. The number of rotatable bonds is 5. The molecule has 116 valence electrons. The average molecular weight is 302 g/mol. The van der Waals surface area contributed by atoms with Crippen LogP contribution in [-0.2, 0) is 0 Å². The molecule has 0 aliphatic rings. The first kappa shape index (κ1) is 15.5. The molecule has 2 aromatic rings. The lowest BCUT2D eigenvalue weighted by Crippen LogP contribution is -2.13. The zero-order chi connectivity index (χ0) is 16.1. The van der Waals surface area contributed by atoms with Crippen molar-refractivity contribution in [3.63, 3.8) is 0 Å². The Morgan fingerprint density at radius 3 is 1.82 bits per heavy atom. The van der Waals surface area contributed by atoms with E-state index in [0.29, 0.717) is 23.4 Å². The van der Waals surface area contributed by atoms with Gasteiger partial charge in [-0.1, -0.05) is 6.92 Å². The maximum atomic E-state index is 10.0. The fourth-order valence-corrected chi connectivity index (χ4v) is 1.95. The van der Waals surface area contributed by atoms with E-state index in [1.807, 2.05) is 6.92 Å². The molecule has 0 fully saturated rings. The first-order valence-electron chi connectivity index (χ1n) is 6.88. The fraction of sp³-hybridized carbons (Fsp3) is 0.188. The minimum absolute atomic E-state index is 0.0722. The predicted molar refractivity (Wildman–Crippen MR) is 83.5 cm³/mol. The van der Waals surface area contributed by atoms with E-state index >= 15 is 0 Å². The Morgan fingerprint density at radius 2 is 1.41 bits per heavy atom. The Bertz CT molecular complexity index is 645. The van der Waals surface area contributed by atoms with Gasteiger partial charge in [0.2, 0.25) is 0 Å². The molecule has 2 aromatic carbocycles. The lowest BCUT2D eigenvalue weighted by Gasteiger charge is -2.12. The van der Waals surface area contributed by atoms with Gasteiger partial charge in [-0.25, -0.2) is 0 Å². The molecule has 0 spiro atoms. The molecule has 0 heterocycles. The van der Waals surface area contributed by atoms with E-state index in [1.165, 1.54) is 36.4 Å². The number of nitrogens with one attached hydrogen (secondary N) is 1. The summed E-state index contributed by atoms with van der Waals surface area (Å²) < 4.78 is 0. The summed E-state index contributed by atoms with van der Waals surface area (Å²) in [5.74, 6) is -0.469. The van der Waals surface area contributed by atoms with Crippen molar-refractivity contribution >= 4 is 5.71 Å². The molecule has 0 aliphatic carbocycles. The average Bonchev–Trinajstić information content (AvgIpc) is 2.45. The highest BCUT2D eigenvalue weighted by Gasteiger charge is 2.16. The van der Waals surface area contributed by atoms with Crippen molar-refractivity contribution in [3.8, 4) is 23.0 Å². The second kappa shape index (κ2) is 6.71. The summed E-state index contributed by atoms with van der Waals surface area (Å²) in [5.41, 5.74) is 3.86. The van der Waals surface area contributed by atoms with Crippen LogP contribution in [0.3, 0.4) is 0 Å². The lowest BCUT2D eigenvalue weighted by atomic mass is 10.00. The number of phenolic OH excluding ortho intramolecular Hbond substituents is 4. The zero-order valence-corrected chi connectivity index (χ0v) is 12.1. The second-order valence-electron chi connectivity index (χ2n) is 4.77. The first-order chi connectivity index (χ1) is 10.5. The Hall–Kier alpha value is -2.89. The van der Waals surface area contributed by atoms with Crippen molar-refractivity contribution in [2.24, 2.45) is 5.10 Å². The van der Waals surface area contributed by atoms with E-state index in [-0.39, 0.29) is 23.0 Å². The van der Waals surface area contributed by atoms with Crippen molar-refractivity contribution < 1.29 is 20.4 Å². The standard InChI is InChI=1S/C16H18N2O4/c1-2-7-17-18-16(12-5-3-10(19)8-14(12)21)13-6-4-11(20)9-15(13)22/h3-6,8-9,17,19-22H,2,7H2,1H3. The summed E-state index contributed by atoms with van der Waals surface area (Å²) >= 11 is 0. The molecule has 0 saturated heterocycles. The summed E-state index contributed by atoms with van der Waals surface area (Å²) in [6.45, 7) is 2.61. The third kappa shape index (κ3) is 3.41. The van der Waals surface area contributed by atoms with E-state index < -0.39 is 0 Å². The van der Waals surface area contributed by atoms with Crippen LogP contribution in [0.25, 0.3) is 0 Å². The highest BCUT2D eigenvalue weighted by molar-refractivity contribution is 6.15. The molecule has 22 heavy (non-hydrogen) atoms. The van der Waals surface area contributed by atoms with Gasteiger partial charge in [0.1, 0.15) is 28.7 Å². The minimum atomic E-state index is -0.162. The summed E-state index contributed by atoms with van der Waals surface area (Å²) in [7, 11) is 0. The zero-order valence-electron chi connectivity index (χ0n) is 12.1. The highest BCUT2D eigenvalue weighted by atomic mass is 16.3. The van der Waals surface area contributed by atoms with E-state index in [9.17, 15) is 20.4 Å². The lowest BCUT2D eigenvalue weighted by molar-refractivity contribution is 0.449. The number of nitrogens with zero attached hydrogens (tertiary/aromatic N) is 1. The quantitative estimate of drug-likeness (QED) is 0.331. The fourth-order valence-electron chi connectivity index (χ4n) is 1.95. The van der Waals surface area contributed by atoms with Crippen molar-refractivity contribution in [2.45, 2.75) is 13.3 Å². The van der Waals surface area contributed by atoms with Gasteiger partial charge in [0.05, 0.1) is 0 Å². The van der Waals surface area contributed by atoms with Gasteiger partial charge in [0.15, 0.2) is 0 Å². The van der Waals surface area contributed by atoms with Gasteiger partial charge in [0, 0.05) is 29.8 Å². The number of hydrazone groups is 1. The van der Waals surface area contributed by atoms with Crippen molar-refractivity contribution in [2.75, 3.05) is 6.54 Å². The van der Waals surface area contributed by atoms with Crippen LogP contribution in [0.1, 0.15) is 24.5 Å². The third-order valence-electron chi connectivity index (χ3n) is 3.03. The van der Waals surface area contributed by atoms with Gasteiger partial charge in [-0.15, -0.1) is 0 Å². The molecule has 0 saturated carbocycles. The van der Waals surface area contributed by atoms with Crippen LogP contribution in [0.5, 0.6) is 23.0 Å². The molecular weight excluding hydrogens is 284 g/mol. The largest absolute Gasteiger partial charge is 0.508 e. The van der Waals surface area contributed by atoms with Crippen LogP contribution in [0.4, 0.5) is 0 Å². The molecule has 0 aromatic heterocycles. The number of hydrogen-bond acceptors (Lipinski definition) is 6. The molecule has 2 rings (SSSR count). The summed E-state index contributed by atoms with van der Waals surface area (Å²) in [6, 6.07) is 8.24. The molecule has 0 aliphatic heterocycles. The Balaban J connectivity index is 2.53. The minimum Gasteiger partial charge on any atom is -0.508 e. The van der Waals surface area contributed by atoms with Crippen molar-refractivity contribution in [1.29, 1.82) is 0 Å². The Kier molecular flexibility index (Phi) is 4.73. The maximum Gasteiger partial charge on any atom is 0.128 e.